The molecule has 1 aliphatic heterocycles. The van der Waals surface area contributed by atoms with Gasteiger partial charge in [0.15, 0.2) is 0 Å². The molecule has 1 fully saturated rings. The van der Waals surface area contributed by atoms with Gasteiger partial charge in [0.05, 0.1) is 11.0 Å². The lowest BCUT2D eigenvalue weighted by Gasteiger charge is -2.36. The minimum atomic E-state index is -0.455. The summed E-state index contributed by atoms with van der Waals surface area (Å²) in [5, 5.41) is 3.08. The van der Waals surface area contributed by atoms with Gasteiger partial charge in [0.1, 0.15) is 0 Å². The molecule has 1 saturated heterocycles. The fraction of sp³-hybridized carbons (Fsp3) is 0.929. The van der Waals surface area contributed by atoms with Gasteiger partial charge in [-0.25, -0.2) is 0 Å². The van der Waals surface area contributed by atoms with Crippen LogP contribution in [-0.4, -0.2) is 44.4 Å². The van der Waals surface area contributed by atoms with E-state index in [4.69, 9.17) is 15.2 Å². The van der Waals surface area contributed by atoms with Crippen LogP contribution < -0.4 is 11.1 Å². The Morgan fingerprint density at radius 1 is 1.47 bits per heavy atom. The average molecular weight is 272 g/mol. The van der Waals surface area contributed by atoms with E-state index in [1.807, 2.05) is 20.8 Å². The molecule has 0 radical (unpaired) electrons. The Hall–Kier alpha value is -0.650. The number of ether oxygens (including phenoxy) is 2. The van der Waals surface area contributed by atoms with Crippen LogP contribution in [0.1, 0.15) is 40.0 Å². The van der Waals surface area contributed by atoms with Crippen LogP contribution in [0, 0.1) is 5.41 Å². The van der Waals surface area contributed by atoms with E-state index in [1.54, 1.807) is 7.11 Å². The van der Waals surface area contributed by atoms with E-state index in [-0.39, 0.29) is 17.6 Å². The van der Waals surface area contributed by atoms with E-state index in [1.165, 1.54) is 0 Å². The molecule has 1 aliphatic rings. The molecular formula is C14H28N2O3. The van der Waals surface area contributed by atoms with Crippen molar-refractivity contribution in [3.63, 3.8) is 0 Å². The van der Waals surface area contributed by atoms with Crippen molar-refractivity contribution in [3.05, 3.63) is 0 Å². The Bertz CT molecular complexity index is 299. The number of rotatable bonds is 6. The first-order valence-electron chi connectivity index (χ1n) is 6.99. The second-order valence-electron chi connectivity index (χ2n) is 6.14. The largest absolute Gasteiger partial charge is 0.381 e. The van der Waals surface area contributed by atoms with E-state index in [0.29, 0.717) is 32.6 Å². The molecule has 0 aromatic heterocycles. The van der Waals surface area contributed by atoms with Gasteiger partial charge in [-0.3, -0.25) is 4.79 Å². The number of carbonyl (C=O) groups is 1. The van der Waals surface area contributed by atoms with Crippen LogP contribution in [0.5, 0.6) is 0 Å². The van der Waals surface area contributed by atoms with Crippen molar-refractivity contribution in [3.8, 4) is 0 Å². The monoisotopic (exact) mass is 272 g/mol. The fourth-order valence-corrected chi connectivity index (χ4v) is 2.53. The second kappa shape index (κ2) is 6.68. The maximum absolute atomic E-state index is 12.4. The molecule has 1 atom stereocenters. The summed E-state index contributed by atoms with van der Waals surface area (Å²) >= 11 is 0. The lowest BCUT2D eigenvalue weighted by atomic mass is 9.79. The van der Waals surface area contributed by atoms with Crippen molar-refractivity contribution < 1.29 is 14.3 Å². The highest BCUT2D eigenvalue weighted by molar-refractivity contribution is 5.83. The Labute approximate surface area is 116 Å². The summed E-state index contributed by atoms with van der Waals surface area (Å²) in [6.45, 7) is 7.64. The Morgan fingerprint density at radius 3 is 2.53 bits per heavy atom. The maximum atomic E-state index is 12.4. The zero-order valence-corrected chi connectivity index (χ0v) is 12.6. The molecule has 0 aromatic rings. The Balaban J connectivity index is 2.57. The quantitative estimate of drug-likeness (QED) is 0.758. The summed E-state index contributed by atoms with van der Waals surface area (Å²) in [5.41, 5.74) is 5.13. The number of hydrogen-bond acceptors (Lipinski definition) is 4. The van der Waals surface area contributed by atoms with Crippen LogP contribution in [-0.2, 0) is 14.3 Å². The molecule has 112 valence electrons. The lowest BCUT2D eigenvalue weighted by molar-refractivity contribution is -0.137. The molecule has 1 rings (SSSR count). The predicted octanol–water partition coefficient (Wildman–Crippen LogP) is 1.06. The van der Waals surface area contributed by atoms with Crippen LogP contribution in [0.25, 0.3) is 0 Å². The van der Waals surface area contributed by atoms with Gasteiger partial charge in [-0.2, -0.15) is 0 Å². The van der Waals surface area contributed by atoms with Crippen LogP contribution in [0.15, 0.2) is 0 Å². The van der Waals surface area contributed by atoms with Gasteiger partial charge in [0.2, 0.25) is 5.91 Å². The smallest absolute Gasteiger partial charge is 0.227 e. The first-order chi connectivity index (χ1) is 8.85. The Kier molecular flexibility index (Phi) is 5.77. The summed E-state index contributed by atoms with van der Waals surface area (Å²) in [5.74, 6) is 0.0534. The van der Waals surface area contributed by atoms with Gasteiger partial charge in [-0.1, -0.05) is 0 Å². The van der Waals surface area contributed by atoms with Crippen molar-refractivity contribution in [2.24, 2.45) is 11.1 Å². The highest BCUT2D eigenvalue weighted by atomic mass is 16.5. The number of nitrogens with two attached hydrogens (primary N) is 1. The average Bonchev–Trinajstić information content (AvgIpc) is 2.38. The summed E-state index contributed by atoms with van der Waals surface area (Å²) < 4.78 is 10.7. The van der Waals surface area contributed by atoms with Crippen molar-refractivity contribution in [1.29, 1.82) is 0 Å². The SMILES string of the molecule is COC(C)(C)CC(C)NC(=O)C1(CN)CCOCC1. The van der Waals surface area contributed by atoms with E-state index < -0.39 is 5.41 Å². The van der Waals surface area contributed by atoms with Gasteiger partial charge < -0.3 is 20.5 Å². The normalized spacial score (nSPS) is 20.9. The number of hydrogen-bond donors (Lipinski definition) is 2. The minimum Gasteiger partial charge on any atom is -0.381 e. The van der Waals surface area contributed by atoms with Crippen molar-refractivity contribution in [2.75, 3.05) is 26.9 Å². The molecule has 0 saturated carbocycles. The van der Waals surface area contributed by atoms with Gasteiger partial charge >= 0.3 is 0 Å². The summed E-state index contributed by atoms with van der Waals surface area (Å²) in [6, 6.07) is 0.0636. The lowest BCUT2D eigenvalue weighted by Crippen LogP contribution is -2.52. The number of carbonyl (C=O) groups excluding carboxylic acids is 1. The molecule has 1 amide bonds. The third kappa shape index (κ3) is 4.44. The molecule has 3 N–H and O–H groups in total. The molecule has 19 heavy (non-hydrogen) atoms. The first-order valence-corrected chi connectivity index (χ1v) is 6.99. The van der Waals surface area contributed by atoms with Crippen LogP contribution in [0.2, 0.25) is 0 Å². The number of nitrogens with one attached hydrogen (secondary N) is 1. The standard InChI is InChI=1S/C14H28N2O3/c1-11(9-13(2,3)18-4)16-12(17)14(10-15)5-7-19-8-6-14/h11H,5-10,15H2,1-4H3,(H,16,17). The molecule has 0 bridgehead atoms. The highest BCUT2D eigenvalue weighted by Crippen LogP contribution is 2.30. The zero-order valence-electron chi connectivity index (χ0n) is 12.6. The summed E-state index contributed by atoms with van der Waals surface area (Å²) in [6.07, 6.45) is 2.18. The van der Waals surface area contributed by atoms with Gasteiger partial charge in [-0.05, 0) is 40.0 Å². The molecule has 0 aliphatic carbocycles. The van der Waals surface area contributed by atoms with Crippen molar-refractivity contribution >= 4 is 5.91 Å². The maximum Gasteiger partial charge on any atom is 0.227 e. The van der Waals surface area contributed by atoms with Crippen LogP contribution in [0.3, 0.4) is 0 Å². The number of amides is 1. The summed E-state index contributed by atoms with van der Waals surface area (Å²) in [7, 11) is 1.69. The predicted molar refractivity (Wildman–Crippen MR) is 74.9 cm³/mol. The van der Waals surface area contributed by atoms with Gasteiger partial charge in [0.25, 0.3) is 0 Å². The molecule has 0 aromatic carbocycles. The van der Waals surface area contributed by atoms with Crippen molar-refractivity contribution in [2.45, 2.75) is 51.7 Å². The highest BCUT2D eigenvalue weighted by Gasteiger charge is 2.39. The van der Waals surface area contributed by atoms with E-state index in [9.17, 15) is 4.79 Å². The summed E-state index contributed by atoms with van der Waals surface area (Å²) in [4.78, 5) is 12.4. The molecule has 5 nitrogen and oxygen atoms in total. The van der Waals surface area contributed by atoms with E-state index >= 15 is 0 Å². The van der Waals surface area contributed by atoms with Gasteiger partial charge in [0, 0.05) is 32.9 Å². The zero-order chi connectivity index (χ0) is 14.5. The molecule has 1 heterocycles. The van der Waals surface area contributed by atoms with Crippen LogP contribution in [0.4, 0.5) is 0 Å². The fourth-order valence-electron chi connectivity index (χ4n) is 2.53. The van der Waals surface area contributed by atoms with E-state index in [2.05, 4.69) is 5.32 Å². The van der Waals surface area contributed by atoms with Crippen LogP contribution >= 0.6 is 0 Å². The van der Waals surface area contributed by atoms with E-state index in [0.717, 1.165) is 6.42 Å². The van der Waals surface area contributed by atoms with Gasteiger partial charge in [-0.15, -0.1) is 0 Å². The third-order valence-electron chi connectivity index (χ3n) is 4.05. The third-order valence-corrected chi connectivity index (χ3v) is 4.05. The molecule has 0 spiro atoms. The Morgan fingerprint density at radius 2 is 2.05 bits per heavy atom. The molecular weight excluding hydrogens is 244 g/mol. The topological polar surface area (TPSA) is 73.6 Å². The second-order valence-corrected chi connectivity index (χ2v) is 6.14. The van der Waals surface area contributed by atoms with Crippen molar-refractivity contribution in [1.82, 2.24) is 5.32 Å². The minimum absolute atomic E-state index is 0.0534. The number of methoxy groups -OCH3 is 1. The molecule has 5 heteroatoms. The first kappa shape index (κ1) is 16.4. The molecule has 1 unspecified atom stereocenters.